The number of alkyl carbamates (subject to hydrolysis) is 1. The Hall–Kier alpha value is -3.11. The molecular weight excluding hydrogens is 831 g/mol. The second kappa shape index (κ2) is 35.1. The minimum atomic E-state index is -2.26. The average molecular weight is 924 g/mol. The van der Waals surface area contributed by atoms with Crippen molar-refractivity contribution in [1.82, 2.24) is 20.9 Å². The highest BCUT2D eigenvalue weighted by Gasteiger charge is 2.59. The number of allylic oxidation sites excluding steroid dienone is 2. The van der Waals surface area contributed by atoms with Crippen LogP contribution in [0.5, 0.6) is 0 Å². The first-order valence-electron chi connectivity index (χ1n) is 25.5. The minimum Gasteiger partial charge on any atom is -0.444 e. The summed E-state index contributed by atoms with van der Waals surface area (Å²) < 4.78 is 11.2. The second-order valence-corrected chi connectivity index (χ2v) is 19.1. The largest absolute Gasteiger partial charge is 0.444 e. The molecule has 1 fully saturated rings. The molecule has 1 heterocycles. The zero-order chi connectivity index (χ0) is 48.5. The number of aliphatic hydroxyl groups is 3. The number of nitrogens with zero attached hydrogens (tertiary/aromatic N) is 1. The predicted octanol–water partition coefficient (Wildman–Crippen LogP) is 7.61. The van der Waals surface area contributed by atoms with Crippen LogP contribution >= 0.6 is 0 Å². The fraction of sp³-hybridized carbons (Fsp3) is 0.860. The van der Waals surface area contributed by atoms with Crippen LogP contribution in [0.15, 0.2) is 12.2 Å². The van der Waals surface area contributed by atoms with Gasteiger partial charge >= 0.3 is 6.09 Å². The van der Waals surface area contributed by atoms with Gasteiger partial charge < -0.3 is 45.6 Å². The van der Waals surface area contributed by atoms with Gasteiger partial charge in [-0.05, 0) is 66.2 Å². The zero-order valence-electron chi connectivity index (χ0n) is 41.5. The number of ether oxygens (including phenoxy) is 2. The summed E-state index contributed by atoms with van der Waals surface area (Å²) in [5.41, 5.74) is 6.22. The third-order valence-corrected chi connectivity index (χ3v) is 12.0. The van der Waals surface area contributed by atoms with Crippen molar-refractivity contribution in [3.63, 3.8) is 0 Å². The van der Waals surface area contributed by atoms with E-state index in [0.717, 1.165) is 64.2 Å². The van der Waals surface area contributed by atoms with Gasteiger partial charge in [-0.1, -0.05) is 148 Å². The van der Waals surface area contributed by atoms with E-state index in [4.69, 9.17) is 15.2 Å². The van der Waals surface area contributed by atoms with Gasteiger partial charge in [-0.15, -0.1) is 0 Å². The summed E-state index contributed by atoms with van der Waals surface area (Å²) in [5, 5.41) is 39.8. The first kappa shape index (κ1) is 59.9. The van der Waals surface area contributed by atoms with Crippen molar-refractivity contribution in [1.29, 1.82) is 0 Å². The molecule has 0 saturated carbocycles. The molecule has 0 aromatic carbocycles. The molecule has 0 aromatic rings. The van der Waals surface area contributed by atoms with E-state index in [0.29, 0.717) is 12.8 Å². The number of hydrogen-bond acceptors (Lipinski definition) is 11. The molecule has 1 saturated heterocycles. The average Bonchev–Trinajstić information content (AvgIpc) is 3.25. The highest BCUT2D eigenvalue weighted by Crippen LogP contribution is 2.36. The van der Waals surface area contributed by atoms with E-state index < -0.39 is 85.1 Å². The molecule has 0 aromatic heterocycles. The van der Waals surface area contributed by atoms with Crippen LogP contribution in [-0.2, 0) is 28.7 Å². The Morgan fingerprint density at radius 1 is 0.692 bits per heavy atom. The monoisotopic (exact) mass is 924 g/mol. The molecule has 1 rings (SSSR count). The van der Waals surface area contributed by atoms with Crippen LogP contribution in [0.2, 0.25) is 0 Å². The van der Waals surface area contributed by atoms with Gasteiger partial charge in [0.15, 0.2) is 5.78 Å². The molecule has 1 aliphatic rings. The molecule has 8 N–H and O–H groups in total. The number of unbranched alkanes of at least 4 members (excludes halogenated alkanes) is 22. The Bertz CT molecular complexity index is 1360. The molecular formula is C50H93N5O10. The third kappa shape index (κ3) is 26.1. The van der Waals surface area contributed by atoms with Crippen LogP contribution in [0.1, 0.15) is 208 Å². The molecule has 4 amide bonds. The van der Waals surface area contributed by atoms with Crippen molar-refractivity contribution in [3.05, 3.63) is 12.2 Å². The zero-order valence-corrected chi connectivity index (χ0v) is 41.5. The van der Waals surface area contributed by atoms with E-state index in [2.05, 4.69) is 41.9 Å². The molecule has 0 bridgehead atoms. The van der Waals surface area contributed by atoms with Crippen LogP contribution < -0.4 is 21.7 Å². The summed E-state index contributed by atoms with van der Waals surface area (Å²) in [5.74, 6) is -6.59. The normalized spacial score (nSPS) is 20.3. The summed E-state index contributed by atoms with van der Waals surface area (Å²) >= 11 is 0. The Morgan fingerprint density at radius 3 is 1.65 bits per heavy atom. The predicted molar refractivity (Wildman–Crippen MR) is 256 cm³/mol. The van der Waals surface area contributed by atoms with E-state index in [9.17, 15) is 39.3 Å². The lowest BCUT2D eigenvalue weighted by Gasteiger charge is -2.53. The van der Waals surface area contributed by atoms with Gasteiger partial charge in [0.05, 0.1) is 25.3 Å². The quantitative estimate of drug-likeness (QED) is 0.0182. The summed E-state index contributed by atoms with van der Waals surface area (Å²) in [6.07, 6.45) is 26.5. The molecule has 0 aliphatic carbocycles. The van der Waals surface area contributed by atoms with Crippen LogP contribution in [0.3, 0.4) is 0 Å². The summed E-state index contributed by atoms with van der Waals surface area (Å²) in [4.78, 5) is 66.9. The number of Topliss-reactive ketones (excluding diaryl/α,β-unsaturated/α-hetero) is 1. The van der Waals surface area contributed by atoms with E-state index in [-0.39, 0.29) is 18.9 Å². The number of aliphatic hydroxyl groups excluding tert-OH is 3. The Balaban J connectivity index is 2.99. The summed E-state index contributed by atoms with van der Waals surface area (Å²) in [6, 6.07) is -1.31. The number of amides is 4. The van der Waals surface area contributed by atoms with Gasteiger partial charge in [-0.25, -0.2) is 4.79 Å². The maximum atomic E-state index is 14.2. The van der Waals surface area contributed by atoms with Gasteiger partial charge in [0.2, 0.25) is 23.6 Å². The van der Waals surface area contributed by atoms with Crippen LogP contribution in [0.4, 0.5) is 4.79 Å². The van der Waals surface area contributed by atoms with Crippen molar-refractivity contribution in [2.45, 2.75) is 244 Å². The van der Waals surface area contributed by atoms with Crippen LogP contribution in [-0.4, -0.2) is 112 Å². The SMILES string of the molecule is CCCCCCCC/C=C\CCCCCCCC(=O)N(CCCCCCCCCCCCCC)[C@]1(N)O[C@H](CO)[C@@H](O)[C@H](O)[C@H]1C(=O)[C@H](C)NC(=O)CNC(=O)CNC(=O)OC(C)(C)C. The number of carbonyl (C=O) groups excluding carboxylic acids is 5. The lowest BCUT2D eigenvalue weighted by atomic mass is 9.80. The van der Waals surface area contributed by atoms with Crippen molar-refractivity contribution >= 4 is 29.6 Å². The van der Waals surface area contributed by atoms with E-state index in [1.54, 1.807) is 20.8 Å². The van der Waals surface area contributed by atoms with E-state index in [1.807, 2.05) is 0 Å². The molecule has 0 radical (unpaired) electrons. The molecule has 0 spiro atoms. The molecule has 6 atom stereocenters. The van der Waals surface area contributed by atoms with Crippen molar-refractivity contribution in [2.24, 2.45) is 11.7 Å². The molecule has 15 heteroatoms. The van der Waals surface area contributed by atoms with E-state index >= 15 is 0 Å². The highest BCUT2D eigenvalue weighted by atomic mass is 16.6. The topological polar surface area (TPSA) is 230 Å². The maximum Gasteiger partial charge on any atom is 0.408 e. The number of nitrogens with two attached hydrogens (primary N) is 1. The number of rotatable bonds is 37. The number of hydrogen-bond donors (Lipinski definition) is 7. The first-order valence-corrected chi connectivity index (χ1v) is 25.5. The molecule has 15 nitrogen and oxygen atoms in total. The molecule has 378 valence electrons. The Labute approximate surface area is 392 Å². The van der Waals surface area contributed by atoms with Gasteiger partial charge in [-0.3, -0.25) is 24.9 Å². The van der Waals surface area contributed by atoms with Crippen molar-refractivity contribution in [3.8, 4) is 0 Å². The smallest absolute Gasteiger partial charge is 0.408 e. The molecule has 0 unspecified atom stereocenters. The lowest BCUT2D eigenvalue weighted by molar-refractivity contribution is -0.291. The van der Waals surface area contributed by atoms with Gasteiger partial charge in [0.1, 0.15) is 30.3 Å². The maximum absolute atomic E-state index is 14.2. The highest BCUT2D eigenvalue weighted by molar-refractivity contribution is 5.93. The Morgan fingerprint density at radius 2 is 1.15 bits per heavy atom. The number of ketones is 1. The second-order valence-electron chi connectivity index (χ2n) is 19.1. The number of nitrogens with one attached hydrogen (secondary N) is 3. The van der Waals surface area contributed by atoms with Gasteiger partial charge in [-0.2, -0.15) is 0 Å². The van der Waals surface area contributed by atoms with Crippen LogP contribution in [0, 0.1) is 5.92 Å². The van der Waals surface area contributed by atoms with Crippen LogP contribution in [0.25, 0.3) is 0 Å². The lowest BCUT2D eigenvalue weighted by Crippen LogP contribution is -2.76. The minimum absolute atomic E-state index is 0.118. The van der Waals surface area contributed by atoms with E-state index in [1.165, 1.54) is 95.3 Å². The molecule has 65 heavy (non-hydrogen) atoms. The number of carbonyl (C=O) groups is 5. The van der Waals surface area contributed by atoms with Gasteiger partial charge in [0.25, 0.3) is 0 Å². The van der Waals surface area contributed by atoms with Gasteiger partial charge in [0, 0.05) is 13.0 Å². The van der Waals surface area contributed by atoms with Crippen molar-refractivity contribution in [2.75, 3.05) is 26.2 Å². The molecule has 1 aliphatic heterocycles. The fourth-order valence-electron chi connectivity index (χ4n) is 8.22. The summed E-state index contributed by atoms with van der Waals surface area (Å²) in [7, 11) is 0. The Kier molecular flexibility index (Phi) is 32.3. The third-order valence-electron chi connectivity index (χ3n) is 12.0. The standard InChI is InChI=1S/C50H93N5O10/c1-7-9-11-13-15-17-19-21-22-23-24-26-28-30-32-34-43(59)55(35-33-31-29-27-25-20-18-16-14-12-10-8-2)50(51)44(47(62)46(61)40(38-56)64-50)45(60)39(3)54-42(58)37-52-41(57)36-53-48(63)65-49(4,5)6/h21-22,39-40,44,46-47,56,61-62H,7-20,23-38,51H2,1-6H3,(H,52,57)(H,53,63)(H,54,58)/b22-21-/t39-,40+,44+,46+,47+,50-/m0/s1. The first-order chi connectivity index (χ1) is 31.0. The van der Waals surface area contributed by atoms with Crippen molar-refractivity contribution < 1.29 is 48.8 Å². The fourth-order valence-corrected chi connectivity index (χ4v) is 8.22. The summed E-state index contributed by atoms with van der Waals surface area (Å²) in [6.45, 7) is 9.23.